The van der Waals surface area contributed by atoms with Gasteiger partial charge in [0, 0.05) is 13.2 Å². The molecule has 0 aromatic carbocycles. The fourth-order valence-corrected chi connectivity index (χ4v) is 2.53. The Labute approximate surface area is 106 Å². The third kappa shape index (κ3) is 3.33. The van der Waals surface area contributed by atoms with Gasteiger partial charge in [-0.15, -0.1) is 10.2 Å². The molecular weight excluding hydrogens is 260 g/mol. The van der Waals surface area contributed by atoms with Crippen molar-refractivity contribution in [3.8, 4) is 0 Å². The molecule has 0 spiro atoms. The Kier molecular flexibility index (Phi) is 4.20. The van der Waals surface area contributed by atoms with Crippen molar-refractivity contribution in [1.82, 2.24) is 20.2 Å². The summed E-state index contributed by atoms with van der Waals surface area (Å²) in [6.45, 7) is 0.333. The maximum Gasteiger partial charge on any atom is 0.180 e. The molecule has 0 amide bonds. The number of ether oxygens (including phenoxy) is 1. The Hall–Kier alpha value is -1.29. The van der Waals surface area contributed by atoms with Crippen LogP contribution in [0.5, 0.6) is 0 Å². The van der Waals surface area contributed by atoms with E-state index in [0.717, 1.165) is 9.37 Å². The molecule has 2 heterocycles. The van der Waals surface area contributed by atoms with Crippen LogP contribution in [-0.4, -0.2) is 27.3 Å². The predicted octanol–water partition coefficient (Wildman–Crippen LogP) is 0.911. The van der Waals surface area contributed by atoms with Gasteiger partial charge >= 0.3 is 0 Å². The number of nitrogens with one attached hydrogen (secondary N) is 1. The molecule has 0 radical (unpaired) electrons. The molecule has 7 nitrogen and oxygen atoms in total. The van der Waals surface area contributed by atoms with Gasteiger partial charge < -0.3 is 10.2 Å². The number of methoxy groups -OCH3 is 1. The van der Waals surface area contributed by atoms with E-state index in [0.29, 0.717) is 18.2 Å². The molecule has 0 aliphatic carbocycles. The van der Waals surface area contributed by atoms with E-state index in [1.807, 2.05) is 0 Å². The number of rotatable bonds is 5. The number of hydrogen-bond donors (Lipinski definition) is 2. The normalized spacial score (nSPS) is 10.5. The van der Waals surface area contributed by atoms with Crippen LogP contribution in [0.1, 0.15) is 5.82 Å². The smallest absolute Gasteiger partial charge is 0.180 e. The van der Waals surface area contributed by atoms with Gasteiger partial charge in [-0.3, -0.25) is 0 Å². The standard InChI is InChI=1S/C8H10N6OS2/c1-15-3-6-11-5(13-9)2-7(12-6)17-8-14-10-4-16-8/h2,4H,3,9H2,1H3,(H,11,12,13). The molecule has 17 heavy (non-hydrogen) atoms. The summed E-state index contributed by atoms with van der Waals surface area (Å²) in [5, 5.41) is 8.44. The van der Waals surface area contributed by atoms with Gasteiger partial charge in [-0.2, -0.15) is 0 Å². The Morgan fingerprint density at radius 1 is 1.53 bits per heavy atom. The molecule has 0 aliphatic heterocycles. The average Bonchev–Trinajstić information content (AvgIpc) is 2.82. The molecule has 0 aliphatic rings. The average molecular weight is 270 g/mol. The van der Waals surface area contributed by atoms with Crippen molar-refractivity contribution >= 4 is 28.9 Å². The van der Waals surface area contributed by atoms with E-state index in [9.17, 15) is 0 Å². The molecule has 0 fully saturated rings. The number of anilines is 1. The molecule has 3 N–H and O–H groups in total. The Balaban J connectivity index is 2.23. The van der Waals surface area contributed by atoms with Gasteiger partial charge in [-0.25, -0.2) is 15.8 Å². The Morgan fingerprint density at radius 3 is 3.06 bits per heavy atom. The number of nitrogens with zero attached hydrogens (tertiary/aromatic N) is 4. The highest BCUT2D eigenvalue weighted by atomic mass is 32.2. The second-order valence-corrected chi connectivity index (χ2v) is 4.99. The summed E-state index contributed by atoms with van der Waals surface area (Å²) in [6.07, 6.45) is 0. The number of hydrogen-bond acceptors (Lipinski definition) is 9. The Morgan fingerprint density at radius 2 is 2.41 bits per heavy atom. The topological polar surface area (TPSA) is 98.8 Å². The number of aromatic nitrogens is 4. The van der Waals surface area contributed by atoms with Crippen molar-refractivity contribution in [3.63, 3.8) is 0 Å². The van der Waals surface area contributed by atoms with Gasteiger partial charge in [0.05, 0.1) is 0 Å². The third-order valence-corrected chi connectivity index (χ3v) is 3.40. The number of nitrogens with two attached hydrogens (primary N) is 1. The van der Waals surface area contributed by atoms with Crippen molar-refractivity contribution in [2.75, 3.05) is 12.5 Å². The van der Waals surface area contributed by atoms with Crippen LogP contribution in [-0.2, 0) is 11.3 Å². The molecule has 2 aromatic heterocycles. The fraction of sp³-hybridized carbons (Fsp3) is 0.250. The van der Waals surface area contributed by atoms with Crippen LogP contribution in [0.2, 0.25) is 0 Å². The van der Waals surface area contributed by atoms with Crippen molar-refractivity contribution in [2.45, 2.75) is 16.0 Å². The minimum absolute atomic E-state index is 0.333. The SMILES string of the molecule is COCc1nc(NN)cc(Sc2nncs2)n1. The fourth-order valence-electron chi connectivity index (χ4n) is 1.09. The monoisotopic (exact) mass is 270 g/mol. The second kappa shape index (κ2) is 5.87. The van der Waals surface area contributed by atoms with Gasteiger partial charge in [-0.1, -0.05) is 11.3 Å². The summed E-state index contributed by atoms with van der Waals surface area (Å²) < 4.78 is 5.80. The van der Waals surface area contributed by atoms with Gasteiger partial charge in [0.25, 0.3) is 0 Å². The number of nitrogen functional groups attached to an aromatic ring is 1. The summed E-state index contributed by atoms with van der Waals surface area (Å²) in [4.78, 5) is 8.47. The largest absolute Gasteiger partial charge is 0.377 e. The van der Waals surface area contributed by atoms with Crippen LogP contribution in [0.25, 0.3) is 0 Å². The lowest BCUT2D eigenvalue weighted by atomic mass is 10.5. The molecule has 0 unspecified atom stereocenters. The van der Waals surface area contributed by atoms with Crippen LogP contribution in [0, 0.1) is 0 Å². The third-order valence-electron chi connectivity index (χ3n) is 1.70. The van der Waals surface area contributed by atoms with Crippen LogP contribution in [0.15, 0.2) is 20.9 Å². The van der Waals surface area contributed by atoms with Crippen LogP contribution >= 0.6 is 23.1 Å². The first-order chi connectivity index (χ1) is 8.31. The highest BCUT2D eigenvalue weighted by Gasteiger charge is 2.07. The van der Waals surface area contributed by atoms with Crippen molar-refractivity contribution < 1.29 is 4.74 Å². The first kappa shape index (κ1) is 12.2. The summed E-state index contributed by atoms with van der Waals surface area (Å²) in [7, 11) is 1.59. The maximum atomic E-state index is 5.34. The molecule has 90 valence electrons. The first-order valence-electron chi connectivity index (χ1n) is 4.59. The zero-order chi connectivity index (χ0) is 12.1. The van der Waals surface area contributed by atoms with Crippen molar-refractivity contribution in [1.29, 1.82) is 0 Å². The first-order valence-corrected chi connectivity index (χ1v) is 6.29. The molecule has 0 saturated carbocycles. The highest BCUT2D eigenvalue weighted by molar-refractivity contribution is 8.00. The lowest BCUT2D eigenvalue weighted by Crippen LogP contribution is -2.11. The lowest BCUT2D eigenvalue weighted by Gasteiger charge is -2.05. The van der Waals surface area contributed by atoms with Crippen LogP contribution in [0.4, 0.5) is 5.82 Å². The van der Waals surface area contributed by atoms with Crippen LogP contribution < -0.4 is 11.3 Å². The molecule has 2 aromatic rings. The molecule has 2 rings (SSSR count). The van der Waals surface area contributed by atoms with E-state index >= 15 is 0 Å². The van der Waals surface area contributed by atoms with Crippen molar-refractivity contribution in [2.24, 2.45) is 5.84 Å². The molecule has 0 atom stereocenters. The molecular formula is C8H10N6OS2. The molecule has 0 bridgehead atoms. The quantitative estimate of drug-likeness (QED) is 0.470. The predicted molar refractivity (Wildman–Crippen MR) is 64.6 cm³/mol. The minimum Gasteiger partial charge on any atom is -0.377 e. The highest BCUT2D eigenvalue weighted by Crippen LogP contribution is 2.28. The minimum atomic E-state index is 0.333. The summed E-state index contributed by atoms with van der Waals surface area (Å²) >= 11 is 2.85. The van der Waals surface area contributed by atoms with Gasteiger partial charge in [0.1, 0.15) is 23.0 Å². The van der Waals surface area contributed by atoms with Gasteiger partial charge in [0.2, 0.25) is 0 Å². The summed E-state index contributed by atoms with van der Waals surface area (Å²) in [5.74, 6) is 6.45. The summed E-state index contributed by atoms with van der Waals surface area (Å²) in [6, 6.07) is 1.74. The van der Waals surface area contributed by atoms with E-state index in [-0.39, 0.29) is 0 Å². The molecule has 0 saturated heterocycles. The van der Waals surface area contributed by atoms with E-state index < -0.39 is 0 Å². The number of hydrazine groups is 1. The molecule has 9 heteroatoms. The summed E-state index contributed by atoms with van der Waals surface area (Å²) in [5.41, 5.74) is 4.16. The van der Waals surface area contributed by atoms with E-state index in [1.54, 1.807) is 18.7 Å². The Bertz CT molecular complexity index is 477. The van der Waals surface area contributed by atoms with Gasteiger partial charge in [0.15, 0.2) is 10.2 Å². The van der Waals surface area contributed by atoms with Gasteiger partial charge in [-0.05, 0) is 11.8 Å². The van der Waals surface area contributed by atoms with Crippen LogP contribution in [0.3, 0.4) is 0 Å². The van der Waals surface area contributed by atoms with E-state index in [4.69, 9.17) is 10.6 Å². The zero-order valence-corrected chi connectivity index (χ0v) is 10.6. The van der Waals surface area contributed by atoms with E-state index in [2.05, 4.69) is 25.6 Å². The zero-order valence-electron chi connectivity index (χ0n) is 8.95. The maximum absolute atomic E-state index is 5.34. The second-order valence-electron chi connectivity index (χ2n) is 2.89. The van der Waals surface area contributed by atoms with E-state index in [1.165, 1.54) is 23.1 Å². The lowest BCUT2D eigenvalue weighted by molar-refractivity contribution is 0.177. The van der Waals surface area contributed by atoms with Crippen molar-refractivity contribution in [3.05, 3.63) is 17.4 Å².